The minimum atomic E-state index is -0.932. The van der Waals surface area contributed by atoms with E-state index in [4.69, 9.17) is 0 Å². The average Bonchev–Trinajstić information content (AvgIpc) is 3.24. The third-order valence-electron chi connectivity index (χ3n) is 10.6. The molecule has 4 aliphatic carbocycles. The second kappa shape index (κ2) is 8.73. The van der Waals surface area contributed by atoms with Gasteiger partial charge in [-0.2, -0.15) is 0 Å². The van der Waals surface area contributed by atoms with Crippen LogP contribution in [0.2, 0.25) is 0 Å². The Morgan fingerprint density at radius 1 is 0.472 bits per heavy atom. The van der Waals surface area contributed by atoms with Gasteiger partial charge >= 0.3 is 11.8 Å². The Bertz CT molecular complexity index is 861. The first-order chi connectivity index (χ1) is 17.4. The Kier molecular flexibility index (Phi) is 5.87. The van der Waals surface area contributed by atoms with E-state index in [1.54, 1.807) is 9.80 Å². The zero-order chi connectivity index (χ0) is 25.0. The Balaban J connectivity index is 1.43. The summed E-state index contributed by atoms with van der Waals surface area (Å²) in [5.41, 5.74) is -3.40. The largest absolute Gasteiger partial charge is 0.331 e. The molecular formula is C28H42N4O4. The van der Waals surface area contributed by atoms with E-state index >= 15 is 0 Å². The van der Waals surface area contributed by atoms with E-state index in [0.29, 0.717) is 51.4 Å². The fourth-order valence-electron chi connectivity index (χ4n) is 8.90. The van der Waals surface area contributed by atoms with Gasteiger partial charge in [0.15, 0.2) is 0 Å². The predicted molar refractivity (Wildman–Crippen MR) is 133 cm³/mol. The first-order valence-corrected chi connectivity index (χ1v) is 14.7. The van der Waals surface area contributed by atoms with Crippen LogP contribution in [0.15, 0.2) is 0 Å². The molecule has 6 fully saturated rings. The summed E-state index contributed by atoms with van der Waals surface area (Å²) < 4.78 is 0. The highest BCUT2D eigenvalue weighted by Gasteiger charge is 2.67. The summed E-state index contributed by atoms with van der Waals surface area (Å²) in [6.45, 7) is 0. The smallest absolute Gasteiger partial charge is 0.314 e. The van der Waals surface area contributed by atoms with Gasteiger partial charge in [0, 0.05) is 0 Å². The van der Waals surface area contributed by atoms with Crippen LogP contribution in [-0.4, -0.2) is 55.8 Å². The molecule has 0 aromatic rings. The van der Waals surface area contributed by atoms with Gasteiger partial charge < -0.3 is 10.6 Å². The average molecular weight is 499 g/mol. The van der Waals surface area contributed by atoms with Gasteiger partial charge in [0.25, 0.3) is 0 Å². The van der Waals surface area contributed by atoms with Gasteiger partial charge in [-0.05, 0) is 77.0 Å². The summed E-state index contributed by atoms with van der Waals surface area (Å²) in [5, 5.41) is 6.54. The minimum absolute atomic E-state index is 0.0689. The molecular weight excluding hydrogens is 456 g/mol. The second-order valence-corrected chi connectivity index (χ2v) is 12.6. The number of hydrogen-bond acceptors (Lipinski definition) is 4. The van der Waals surface area contributed by atoms with Gasteiger partial charge in [-0.1, -0.05) is 51.4 Å². The van der Waals surface area contributed by atoms with E-state index < -0.39 is 34.2 Å². The van der Waals surface area contributed by atoms with Crippen molar-refractivity contribution in [3.63, 3.8) is 0 Å². The molecule has 0 atom stereocenters. The Morgan fingerprint density at radius 3 is 1.06 bits per heavy atom. The number of carbonyl (C=O) groups is 4. The van der Waals surface area contributed by atoms with E-state index in [1.165, 1.54) is 0 Å². The SMILES string of the molecule is O=C(C(=O)N1C2(CCCCC2)NC(=O)C12CCCCC2)N1C2(CCCCC2)NC(=O)C12CCCCC2. The van der Waals surface area contributed by atoms with Crippen molar-refractivity contribution in [2.75, 3.05) is 0 Å². The maximum absolute atomic E-state index is 14.6. The van der Waals surface area contributed by atoms with Crippen LogP contribution in [0.3, 0.4) is 0 Å². The fraction of sp³-hybridized carbons (Fsp3) is 0.857. The number of carbonyl (C=O) groups excluding carboxylic acids is 4. The lowest BCUT2D eigenvalue weighted by atomic mass is 9.77. The van der Waals surface area contributed by atoms with E-state index in [9.17, 15) is 19.2 Å². The van der Waals surface area contributed by atoms with E-state index in [2.05, 4.69) is 10.6 Å². The summed E-state index contributed by atoms with van der Waals surface area (Å²) in [4.78, 5) is 59.9. The number of nitrogens with zero attached hydrogens (tertiary/aromatic N) is 2. The maximum atomic E-state index is 14.6. The molecule has 4 saturated carbocycles. The van der Waals surface area contributed by atoms with Crippen LogP contribution in [0.1, 0.15) is 128 Å². The number of amides is 4. The fourth-order valence-corrected chi connectivity index (χ4v) is 8.90. The van der Waals surface area contributed by atoms with Crippen molar-refractivity contribution in [2.24, 2.45) is 0 Å². The molecule has 0 aromatic carbocycles. The zero-order valence-corrected chi connectivity index (χ0v) is 21.7. The first-order valence-electron chi connectivity index (χ1n) is 14.7. The molecule has 8 heteroatoms. The number of hydrogen-bond donors (Lipinski definition) is 2. The minimum Gasteiger partial charge on any atom is -0.331 e. The normalized spacial score (nSPS) is 30.1. The zero-order valence-electron chi connectivity index (χ0n) is 21.7. The van der Waals surface area contributed by atoms with Gasteiger partial charge in [-0.3, -0.25) is 29.0 Å². The van der Waals surface area contributed by atoms with E-state index in [-0.39, 0.29) is 11.8 Å². The molecule has 6 rings (SSSR count). The van der Waals surface area contributed by atoms with Crippen LogP contribution in [-0.2, 0) is 19.2 Å². The lowest BCUT2D eigenvalue weighted by Gasteiger charge is -2.51. The molecule has 0 bridgehead atoms. The second-order valence-electron chi connectivity index (χ2n) is 12.6. The lowest BCUT2D eigenvalue weighted by Crippen LogP contribution is -2.68. The van der Waals surface area contributed by atoms with Crippen molar-refractivity contribution >= 4 is 23.6 Å². The Hall–Kier alpha value is -2.12. The molecule has 0 radical (unpaired) electrons. The molecule has 2 saturated heterocycles. The molecule has 2 N–H and O–H groups in total. The van der Waals surface area contributed by atoms with Crippen molar-refractivity contribution in [2.45, 2.75) is 151 Å². The summed E-state index contributed by atoms with van der Waals surface area (Å²) in [5.74, 6) is -1.24. The summed E-state index contributed by atoms with van der Waals surface area (Å²) in [6, 6.07) is 0. The highest BCUT2D eigenvalue weighted by molar-refractivity contribution is 6.37. The van der Waals surface area contributed by atoms with Crippen LogP contribution in [0.25, 0.3) is 0 Å². The maximum Gasteiger partial charge on any atom is 0.314 e. The van der Waals surface area contributed by atoms with Gasteiger partial charge in [0.2, 0.25) is 11.8 Å². The number of rotatable bonds is 0. The molecule has 0 unspecified atom stereocenters. The van der Waals surface area contributed by atoms with Crippen LogP contribution < -0.4 is 10.6 Å². The van der Waals surface area contributed by atoms with Crippen molar-refractivity contribution in [3.8, 4) is 0 Å². The van der Waals surface area contributed by atoms with Gasteiger partial charge in [-0.15, -0.1) is 0 Å². The Morgan fingerprint density at radius 2 is 0.750 bits per heavy atom. The lowest BCUT2D eigenvalue weighted by molar-refractivity contribution is -0.170. The predicted octanol–water partition coefficient (Wildman–Crippen LogP) is 3.63. The van der Waals surface area contributed by atoms with Crippen LogP contribution in [0, 0.1) is 0 Å². The molecule has 36 heavy (non-hydrogen) atoms. The van der Waals surface area contributed by atoms with Crippen LogP contribution >= 0.6 is 0 Å². The van der Waals surface area contributed by atoms with Crippen molar-refractivity contribution in [1.82, 2.24) is 20.4 Å². The van der Waals surface area contributed by atoms with Crippen molar-refractivity contribution in [1.29, 1.82) is 0 Å². The monoisotopic (exact) mass is 498 g/mol. The molecule has 0 aromatic heterocycles. The van der Waals surface area contributed by atoms with Crippen molar-refractivity contribution < 1.29 is 19.2 Å². The van der Waals surface area contributed by atoms with Gasteiger partial charge in [-0.25, -0.2) is 0 Å². The molecule has 8 nitrogen and oxygen atoms in total. The van der Waals surface area contributed by atoms with E-state index in [1.807, 2.05) is 0 Å². The van der Waals surface area contributed by atoms with Crippen molar-refractivity contribution in [3.05, 3.63) is 0 Å². The number of nitrogens with one attached hydrogen (secondary N) is 2. The molecule has 6 aliphatic rings. The molecule has 2 heterocycles. The summed E-state index contributed by atoms with van der Waals surface area (Å²) in [7, 11) is 0. The molecule has 198 valence electrons. The van der Waals surface area contributed by atoms with Crippen LogP contribution in [0.5, 0.6) is 0 Å². The molecule has 4 spiro atoms. The summed E-state index contributed by atoms with van der Waals surface area (Å²) >= 11 is 0. The third kappa shape index (κ3) is 3.31. The topological polar surface area (TPSA) is 98.8 Å². The van der Waals surface area contributed by atoms with E-state index in [0.717, 1.165) is 77.0 Å². The molecule has 2 aliphatic heterocycles. The first kappa shape index (κ1) is 24.2. The third-order valence-corrected chi connectivity index (χ3v) is 10.6. The molecule has 4 amide bonds. The van der Waals surface area contributed by atoms with Gasteiger partial charge in [0.1, 0.15) is 22.4 Å². The highest BCUT2D eigenvalue weighted by Crippen LogP contribution is 2.50. The van der Waals surface area contributed by atoms with Gasteiger partial charge in [0.05, 0.1) is 0 Å². The standard InChI is InChI=1S/C28H42N4O4/c33-21(31-25(13-5-1-6-14-25)23(35)29-27(31)17-9-3-10-18-27)22(34)32-26(15-7-2-8-16-26)24(36)30-28(32)19-11-4-12-20-28/h1-20H2,(H,29,35)(H,30,36). The van der Waals surface area contributed by atoms with Crippen LogP contribution in [0.4, 0.5) is 0 Å². The quantitative estimate of drug-likeness (QED) is 0.498. The summed E-state index contributed by atoms with van der Waals surface area (Å²) in [6.07, 6.45) is 16.8. The highest BCUT2D eigenvalue weighted by atomic mass is 16.2. The Labute approximate surface area is 214 Å².